The molecule has 1 aliphatic heterocycles. The molecule has 2 N–H and O–H groups in total. The monoisotopic (exact) mass is 305 g/mol. The van der Waals surface area contributed by atoms with Crippen molar-refractivity contribution in [3.63, 3.8) is 0 Å². The van der Waals surface area contributed by atoms with Crippen LogP contribution in [0.2, 0.25) is 0 Å². The molecule has 0 bridgehead atoms. The van der Waals surface area contributed by atoms with Crippen LogP contribution in [0, 0.1) is 0 Å². The van der Waals surface area contributed by atoms with Crippen LogP contribution in [-0.4, -0.2) is 16.2 Å². The Morgan fingerprint density at radius 3 is 2.65 bits per heavy atom. The normalized spacial score (nSPS) is 16.4. The third-order valence-corrected chi connectivity index (χ3v) is 3.81. The summed E-state index contributed by atoms with van der Waals surface area (Å²) in [5.74, 6) is 1.87. The second-order valence-electron chi connectivity index (χ2n) is 5.44. The minimum Gasteiger partial charge on any atom is -0.485 e. The fraction of sp³-hybridized carbons (Fsp3) is 0.111. The lowest BCUT2D eigenvalue weighted by Crippen LogP contribution is -2.18. The third kappa shape index (κ3) is 2.46. The maximum Gasteiger partial charge on any atom is 0.258 e. The fourth-order valence-electron chi connectivity index (χ4n) is 2.58. The number of aromatic nitrogens is 2. The number of nitrogen functional groups attached to an aromatic ring is 1. The molecule has 4 rings (SSSR count). The van der Waals surface area contributed by atoms with Crippen molar-refractivity contribution in [1.82, 2.24) is 10.1 Å². The van der Waals surface area contributed by atoms with Gasteiger partial charge in [0.15, 0.2) is 0 Å². The topological polar surface area (TPSA) is 74.2 Å². The highest BCUT2D eigenvalue weighted by atomic mass is 16.5. The Hall–Kier alpha value is -3.08. The number of benzene rings is 2. The average molecular weight is 305 g/mol. The van der Waals surface area contributed by atoms with E-state index in [0.29, 0.717) is 17.4 Å². The van der Waals surface area contributed by atoms with Gasteiger partial charge in [-0.25, -0.2) is 0 Å². The summed E-state index contributed by atoms with van der Waals surface area (Å²) in [5, 5.41) is 4.10. The number of anilines is 1. The van der Waals surface area contributed by atoms with Crippen LogP contribution in [0.15, 0.2) is 53.1 Å². The standard InChI is InChI=1S/C18H15N3O2/c1-11-15(10-13-4-2-3-5-16(13)22-11)17-20-18(23-21-17)12-6-8-14(19)9-7-12/h2-11H,19H2,1H3. The van der Waals surface area contributed by atoms with E-state index in [0.717, 1.165) is 22.4 Å². The van der Waals surface area contributed by atoms with Gasteiger partial charge >= 0.3 is 0 Å². The van der Waals surface area contributed by atoms with Gasteiger partial charge in [0.2, 0.25) is 5.82 Å². The van der Waals surface area contributed by atoms with Crippen LogP contribution < -0.4 is 10.5 Å². The molecule has 5 heteroatoms. The van der Waals surface area contributed by atoms with E-state index in [4.69, 9.17) is 15.0 Å². The molecule has 1 atom stereocenters. The molecular formula is C18H15N3O2. The number of rotatable bonds is 2. The lowest BCUT2D eigenvalue weighted by molar-refractivity contribution is 0.273. The Kier molecular flexibility index (Phi) is 3.12. The predicted octanol–water partition coefficient (Wildman–Crippen LogP) is 3.64. The molecule has 0 amide bonds. The van der Waals surface area contributed by atoms with Gasteiger partial charge in [0, 0.05) is 22.4 Å². The molecule has 0 saturated heterocycles. The van der Waals surface area contributed by atoms with E-state index >= 15 is 0 Å². The van der Waals surface area contributed by atoms with Crippen LogP contribution >= 0.6 is 0 Å². The van der Waals surface area contributed by atoms with Gasteiger partial charge < -0.3 is 15.0 Å². The van der Waals surface area contributed by atoms with E-state index in [1.54, 1.807) is 12.1 Å². The van der Waals surface area contributed by atoms with Gasteiger partial charge in [0.1, 0.15) is 11.9 Å². The second kappa shape index (κ2) is 5.28. The number of fused-ring (bicyclic) bond motifs is 1. The maximum atomic E-state index is 5.92. The summed E-state index contributed by atoms with van der Waals surface area (Å²) >= 11 is 0. The Balaban J connectivity index is 1.72. The first kappa shape index (κ1) is 13.6. The Bertz CT molecular complexity index is 881. The van der Waals surface area contributed by atoms with Crippen LogP contribution in [-0.2, 0) is 0 Å². The van der Waals surface area contributed by atoms with Crippen LogP contribution in [0.3, 0.4) is 0 Å². The smallest absolute Gasteiger partial charge is 0.258 e. The van der Waals surface area contributed by atoms with Crippen molar-refractivity contribution >= 4 is 17.3 Å². The summed E-state index contributed by atoms with van der Waals surface area (Å²) in [6, 6.07) is 15.2. The largest absolute Gasteiger partial charge is 0.485 e. The Morgan fingerprint density at radius 2 is 1.83 bits per heavy atom. The number of nitrogens with two attached hydrogens (primary N) is 1. The highest BCUT2D eigenvalue weighted by Gasteiger charge is 2.24. The van der Waals surface area contributed by atoms with E-state index in [-0.39, 0.29) is 6.10 Å². The van der Waals surface area contributed by atoms with Crippen molar-refractivity contribution in [2.24, 2.45) is 0 Å². The van der Waals surface area contributed by atoms with E-state index in [1.807, 2.05) is 49.4 Å². The van der Waals surface area contributed by atoms with Crippen LogP contribution in [0.5, 0.6) is 5.75 Å². The molecule has 5 nitrogen and oxygen atoms in total. The molecule has 114 valence electrons. The van der Waals surface area contributed by atoms with Crippen molar-refractivity contribution < 1.29 is 9.26 Å². The molecule has 1 unspecified atom stereocenters. The Morgan fingerprint density at radius 1 is 1.04 bits per heavy atom. The van der Waals surface area contributed by atoms with Gasteiger partial charge in [-0.3, -0.25) is 0 Å². The molecule has 0 saturated carbocycles. The first-order chi connectivity index (χ1) is 11.2. The number of nitrogens with zero attached hydrogens (tertiary/aromatic N) is 2. The van der Waals surface area contributed by atoms with Crippen molar-refractivity contribution in [3.8, 4) is 17.2 Å². The molecule has 2 aromatic carbocycles. The number of hydrogen-bond acceptors (Lipinski definition) is 5. The van der Waals surface area contributed by atoms with Crippen molar-refractivity contribution in [1.29, 1.82) is 0 Å². The number of hydrogen-bond donors (Lipinski definition) is 1. The van der Waals surface area contributed by atoms with Crippen LogP contribution in [0.4, 0.5) is 5.69 Å². The summed E-state index contributed by atoms with van der Waals surface area (Å²) in [7, 11) is 0. The maximum absolute atomic E-state index is 5.92. The summed E-state index contributed by atoms with van der Waals surface area (Å²) in [5.41, 5.74) is 9.14. The summed E-state index contributed by atoms with van der Waals surface area (Å²) in [6.07, 6.45) is 1.91. The zero-order valence-electron chi connectivity index (χ0n) is 12.6. The molecular weight excluding hydrogens is 290 g/mol. The quantitative estimate of drug-likeness (QED) is 0.732. The molecule has 0 spiro atoms. The minimum atomic E-state index is -0.137. The van der Waals surface area contributed by atoms with Crippen molar-refractivity contribution in [3.05, 3.63) is 59.9 Å². The number of ether oxygens (including phenoxy) is 1. The van der Waals surface area contributed by atoms with Gasteiger partial charge in [-0.05, 0) is 43.3 Å². The van der Waals surface area contributed by atoms with Gasteiger partial charge in [-0.15, -0.1) is 0 Å². The first-order valence-electron chi connectivity index (χ1n) is 7.38. The van der Waals surface area contributed by atoms with Gasteiger partial charge in [0.05, 0.1) is 0 Å². The molecule has 1 aromatic heterocycles. The van der Waals surface area contributed by atoms with Crippen molar-refractivity contribution in [2.45, 2.75) is 13.0 Å². The minimum absolute atomic E-state index is 0.137. The molecule has 23 heavy (non-hydrogen) atoms. The highest BCUT2D eigenvalue weighted by Crippen LogP contribution is 2.33. The van der Waals surface area contributed by atoms with Crippen LogP contribution in [0.25, 0.3) is 23.1 Å². The predicted molar refractivity (Wildman–Crippen MR) is 88.5 cm³/mol. The molecule has 0 aliphatic carbocycles. The Labute approximate surface area is 133 Å². The zero-order valence-corrected chi connectivity index (χ0v) is 12.6. The zero-order chi connectivity index (χ0) is 15.8. The van der Waals surface area contributed by atoms with Gasteiger partial charge in [-0.1, -0.05) is 23.4 Å². The fourth-order valence-corrected chi connectivity index (χ4v) is 2.58. The van der Waals surface area contributed by atoms with Crippen molar-refractivity contribution in [2.75, 3.05) is 5.73 Å². The van der Waals surface area contributed by atoms with Crippen LogP contribution in [0.1, 0.15) is 18.3 Å². The second-order valence-corrected chi connectivity index (χ2v) is 5.44. The molecule has 2 heterocycles. The van der Waals surface area contributed by atoms with E-state index in [1.165, 1.54) is 0 Å². The third-order valence-electron chi connectivity index (χ3n) is 3.81. The average Bonchev–Trinajstić information content (AvgIpc) is 3.04. The SMILES string of the molecule is CC1Oc2ccccc2C=C1c1noc(-c2ccc(N)cc2)n1. The van der Waals surface area contributed by atoms with E-state index < -0.39 is 0 Å². The molecule has 0 radical (unpaired) electrons. The molecule has 3 aromatic rings. The highest BCUT2D eigenvalue weighted by molar-refractivity contribution is 5.84. The molecule has 1 aliphatic rings. The van der Waals surface area contributed by atoms with E-state index in [2.05, 4.69) is 10.1 Å². The summed E-state index contributed by atoms with van der Waals surface area (Å²) in [4.78, 5) is 4.49. The first-order valence-corrected chi connectivity index (χ1v) is 7.38. The lowest BCUT2D eigenvalue weighted by Gasteiger charge is -2.22. The summed E-state index contributed by atoms with van der Waals surface area (Å²) in [6.45, 7) is 1.97. The van der Waals surface area contributed by atoms with E-state index in [9.17, 15) is 0 Å². The van der Waals surface area contributed by atoms with Gasteiger partial charge in [-0.2, -0.15) is 4.98 Å². The number of para-hydroxylation sites is 1. The lowest BCUT2D eigenvalue weighted by atomic mass is 10.0. The molecule has 0 fully saturated rings. The van der Waals surface area contributed by atoms with Gasteiger partial charge in [0.25, 0.3) is 5.89 Å². The summed E-state index contributed by atoms with van der Waals surface area (Å²) < 4.78 is 11.3.